The SMILES string of the molecule is O=[N+]([O-])C1=C(O)C(O)=C(C(F)(F)F)C(c2nc(-c3ccc(F)c(O)c3)no2)C1. The molecular formula is C15H9F4N3O6. The van der Waals surface area contributed by atoms with Crippen LogP contribution in [-0.4, -0.2) is 36.6 Å². The van der Waals surface area contributed by atoms with E-state index in [1.54, 1.807) is 0 Å². The van der Waals surface area contributed by atoms with E-state index in [9.17, 15) is 43.0 Å². The third kappa shape index (κ3) is 3.21. The average molecular weight is 403 g/mol. The van der Waals surface area contributed by atoms with Gasteiger partial charge in [0.05, 0.1) is 22.8 Å². The quantitative estimate of drug-likeness (QED) is 0.402. The van der Waals surface area contributed by atoms with E-state index in [0.717, 1.165) is 18.2 Å². The van der Waals surface area contributed by atoms with Gasteiger partial charge in [-0.3, -0.25) is 10.1 Å². The Bertz CT molecular complexity index is 1030. The number of phenolic OH excluding ortho intramolecular Hbond substituents is 1. The minimum atomic E-state index is -5.17. The summed E-state index contributed by atoms with van der Waals surface area (Å²) in [4.78, 5) is 13.6. The first-order valence-electron chi connectivity index (χ1n) is 7.40. The van der Waals surface area contributed by atoms with Gasteiger partial charge in [0, 0.05) is 5.56 Å². The van der Waals surface area contributed by atoms with E-state index >= 15 is 0 Å². The van der Waals surface area contributed by atoms with Gasteiger partial charge in [-0.1, -0.05) is 5.16 Å². The molecule has 1 atom stereocenters. The Morgan fingerprint density at radius 3 is 2.46 bits per heavy atom. The van der Waals surface area contributed by atoms with Crippen LogP contribution in [0.5, 0.6) is 5.75 Å². The molecule has 0 saturated heterocycles. The summed E-state index contributed by atoms with van der Waals surface area (Å²) >= 11 is 0. The third-order valence-electron chi connectivity index (χ3n) is 3.97. The van der Waals surface area contributed by atoms with Gasteiger partial charge in [0.1, 0.15) is 0 Å². The molecule has 13 heteroatoms. The summed E-state index contributed by atoms with van der Waals surface area (Å²) in [5.74, 6) is -7.96. The smallest absolute Gasteiger partial charge is 0.417 e. The number of hydrogen-bond donors (Lipinski definition) is 3. The molecule has 1 aromatic heterocycles. The van der Waals surface area contributed by atoms with E-state index in [-0.39, 0.29) is 11.4 Å². The van der Waals surface area contributed by atoms with E-state index in [4.69, 9.17) is 4.52 Å². The summed E-state index contributed by atoms with van der Waals surface area (Å²) in [6, 6.07) is 2.88. The van der Waals surface area contributed by atoms with Gasteiger partial charge in [-0.05, 0) is 18.2 Å². The second-order valence-corrected chi connectivity index (χ2v) is 5.69. The Morgan fingerprint density at radius 1 is 1.21 bits per heavy atom. The number of rotatable bonds is 3. The Kier molecular flexibility index (Phi) is 4.45. The molecule has 0 saturated carbocycles. The maximum Gasteiger partial charge on any atom is 0.417 e. The van der Waals surface area contributed by atoms with Crippen molar-refractivity contribution in [3.05, 3.63) is 62.8 Å². The van der Waals surface area contributed by atoms with Crippen LogP contribution in [0, 0.1) is 15.9 Å². The van der Waals surface area contributed by atoms with Crippen molar-refractivity contribution in [2.75, 3.05) is 0 Å². The van der Waals surface area contributed by atoms with Crippen molar-refractivity contribution < 1.29 is 42.3 Å². The van der Waals surface area contributed by atoms with Crippen LogP contribution in [0.25, 0.3) is 11.4 Å². The van der Waals surface area contributed by atoms with Crippen LogP contribution in [0.1, 0.15) is 18.2 Å². The summed E-state index contributed by atoms with van der Waals surface area (Å²) < 4.78 is 58.0. The number of nitrogens with zero attached hydrogens (tertiary/aromatic N) is 3. The molecular weight excluding hydrogens is 394 g/mol. The molecule has 1 unspecified atom stereocenters. The first kappa shape index (κ1) is 19.1. The van der Waals surface area contributed by atoms with Gasteiger partial charge in [0.2, 0.25) is 17.5 Å². The zero-order chi connectivity index (χ0) is 20.8. The van der Waals surface area contributed by atoms with Crippen LogP contribution in [0.4, 0.5) is 17.6 Å². The molecule has 2 aromatic rings. The molecule has 3 N–H and O–H groups in total. The lowest BCUT2D eigenvalue weighted by Gasteiger charge is -2.23. The Balaban J connectivity index is 2.08. The monoisotopic (exact) mass is 403 g/mol. The topological polar surface area (TPSA) is 143 Å². The lowest BCUT2D eigenvalue weighted by molar-refractivity contribution is -0.431. The molecule has 1 aliphatic carbocycles. The molecule has 0 fully saturated rings. The zero-order valence-electron chi connectivity index (χ0n) is 13.4. The number of aromatic hydroxyl groups is 1. The van der Waals surface area contributed by atoms with Gasteiger partial charge < -0.3 is 19.8 Å². The van der Waals surface area contributed by atoms with Crippen LogP contribution in [0.15, 0.2) is 45.5 Å². The molecule has 0 radical (unpaired) electrons. The number of allylic oxidation sites excluding steroid dienone is 2. The maximum absolute atomic E-state index is 13.4. The highest BCUT2D eigenvalue weighted by Crippen LogP contribution is 2.46. The van der Waals surface area contributed by atoms with E-state index in [1.807, 2.05) is 0 Å². The molecule has 1 aromatic carbocycles. The summed E-state index contributed by atoms with van der Waals surface area (Å²) in [6.45, 7) is 0. The first-order valence-corrected chi connectivity index (χ1v) is 7.40. The number of hydrogen-bond acceptors (Lipinski definition) is 8. The first-order chi connectivity index (χ1) is 13.0. The second-order valence-electron chi connectivity index (χ2n) is 5.69. The van der Waals surface area contributed by atoms with E-state index in [0.29, 0.717) is 0 Å². The molecule has 0 bridgehead atoms. The highest BCUT2D eigenvalue weighted by molar-refractivity contribution is 5.57. The lowest BCUT2D eigenvalue weighted by atomic mass is 9.87. The number of benzene rings is 1. The molecule has 148 valence electrons. The zero-order valence-corrected chi connectivity index (χ0v) is 13.4. The van der Waals surface area contributed by atoms with Gasteiger partial charge >= 0.3 is 6.18 Å². The van der Waals surface area contributed by atoms with Crippen molar-refractivity contribution in [3.8, 4) is 17.1 Å². The third-order valence-corrected chi connectivity index (χ3v) is 3.97. The van der Waals surface area contributed by atoms with Crippen LogP contribution < -0.4 is 0 Å². The number of aliphatic hydroxyl groups excluding tert-OH is 2. The molecule has 9 nitrogen and oxygen atoms in total. The normalized spacial score (nSPS) is 17.9. The van der Waals surface area contributed by atoms with Crippen LogP contribution in [0.2, 0.25) is 0 Å². The predicted octanol–water partition coefficient (Wildman–Crippen LogP) is 3.49. The minimum Gasteiger partial charge on any atom is -0.505 e. The van der Waals surface area contributed by atoms with Crippen molar-refractivity contribution in [2.24, 2.45) is 0 Å². The van der Waals surface area contributed by atoms with Crippen molar-refractivity contribution in [1.29, 1.82) is 0 Å². The van der Waals surface area contributed by atoms with Gasteiger partial charge in [0.15, 0.2) is 17.3 Å². The van der Waals surface area contributed by atoms with Crippen LogP contribution in [-0.2, 0) is 0 Å². The van der Waals surface area contributed by atoms with Crippen LogP contribution in [0.3, 0.4) is 0 Å². The van der Waals surface area contributed by atoms with Crippen molar-refractivity contribution >= 4 is 0 Å². The number of nitro groups is 1. The Hall–Kier alpha value is -3.64. The number of halogens is 4. The fourth-order valence-corrected chi connectivity index (χ4v) is 2.67. The molecule has 0 aliphatic heterocycles. The number of aromatic nitrogens is 2. The number of phenols is 1. The van der Waals surface area contributed by atoms with Gasteiger partial charge in [0.25, 0.3) is 5.70 Å². The summed E-state index contributed by atoms with van der Waals surface area (Å²) in [6.07, 6.45) is -6.15. The van der Waals surface area contributed by atoms with Gasteiger partial charge in [-0.2, -0.15) is 18.2 Å². The molecule has 1 heterocycles. The number of alkyl halides is 3. The fourth-order valence-electron chi connectivity index (χ4n) is 2.67. The van der Waals surface area contributed by atoms with Gasteiger partial charge in [-0.25, -0.2) is 4.39 Å². The van der Waals surface area contributed by atoms with E-state index in [2.05, 4.69) is 10.1 Å². The maximum atomic E-state index is 13.4. The molecule has 0 spiro atoms. The minimum absolute atomic E-state index is 0.000594. The summed E-state index contributed by atoms with van der Waals surface area (Å²) in [5.41, 5.74) is -2.75. The van der Waals surface area contributed by atoms with Crippen molar-refractivity contribution in [3.63, 3.8) is 0 Å². The Morgan fingerprint density at radius 2 is 1.89 bits per heavy atom. The lowest BCUT2D eigenvalue weighted by Crippen LogP contribution is -2.27. The van der Waals surface area contributed by atoms with Crippen molar-refractivity contribution in [1.82, 2.24) is 10.1 Å². The standard InChI is InChI=1S/C15H9F4N3O6/c16-7-2-1-5(3-9(7)23)13-20-14(28-21-13)6-4-8(22(26)27)11(24)12(25)10(6)15(17,18)19/h1-3,6,23-25H,4H2. The molecule has 28 heavy (non-hydrogen) atoms. The summed E-state index contributed by atoms with van der Waals surface area (Å²) in [7, 11) is 0. The largest absolute Gasteiger partial charge is 0.505 e. The van der Waals surface area contributed by atoms with E-state index in [1.165, 1.54) is 0 Å². The Labute approximate surface area is 152 Å². The molecule has 3 rings (SSSR count). The number of aliphatic hydroxyl groups is 2. The highest BCUT2D eigenvalue weighted by Gasteiger charge is 2.50. The predicted molar refractivity (Wildman–Crippen MR) is 81.1 cm³/mol. The van der Waals surface area contributed by atoms with E-state index < -0.39 is 63.7 Å². The summed E-state index contributed by atoms with van der Waals surface area (Å²) in [5, 5.41) is 43.0. The fraction of sp³-hybridized carbons (Fsp3) is 0.200. The van der Waals surface area contributed by atoms with Gasteiger partial charge in [-0.15, -0.1) is 0 Å². The molecule has 0 amide bonds. The van der Waals surface area contributed by atoms with Crippen molar-refractivity contribution in [2.45, 2.75) is 18.5 Å². The highest BCUT2D eigenvalue weighted by atomic mass is 19.4. The van der Waals surface area contributed by atoms with Crippen LogP contribution >= 0.6 is 0 Å². The molecule has 1 aliphatic rings. The second kappa shape index (κ2) is 6.51. The average Bonchev–Trinajstić information content (AvgIpc) is 3.08.